The Hall–Kier alpha value is -0.670. The van der Waals surface area contributed by atoms with Gasteiger partial charge in [-0.1, -0.05) is 12.2 Å². The lowest BCUT2D eigenvalue weighted by atomic mass is 10.1. The summed E-state index contributed by atoms with van der Waals surface area (Å²) in [5.41, 5.74) is 2.45. The fourth-order valence-electron chi connectivity index (χ4n) is 1.06. The summed E-state index contributed by atoms with van der Waals surface area (Å²) in [6, 6.07) is 0. The van der Waals surface area contributed by atoms with Crippen LogP contribution < -0.4 is 4.73 Å². The van der Waals surface area contributed by atoms with Gasteiger partial charge in [0.2, 0.25) is 0 Å². The summed E-state index contributed by atoms with van der Waals surface area (Å²) >= 11 is 10.5. The predicted octanol–water partition coefficient (Wildman–Crippen LogP) is 1.94. The van der Waals surface area contributed by atoms with Gasteiger partial charge in [-0.05, 0) is 25.4 Å². The van der Waals surface area contributed by atoms with Crippen molar-refractivity contribution in [1.29, 1.82) is 0 Å². The SMILES string of the molecule is Cc1c[n+]([O-])c(Cl)c(C)c1C=S. The number of pyridine rings is 1. The van der Waals surface area contributed by atoms with Crippen molar-refractivity contribution in [2.45, 2.75) is 13.8 Å². The number of halogens is 1. The van der Waals surface area contributed by atoms with Crippen molar-refractivity contribution in [3.63, 3.8) is 0 Å². The van der Waals surface area contributed by atoms with Crippen LogP contribution in [0.4, 0.5) is 0 Å². The number of aryl methyl sites for hydroxylation is 1. The van der Waals surface area contributed by atoms with Gasteiger partial charge in [0.25, 0.3) is 5.15 Å². The lowest BCUT2D eigenvalue weighted by Crippen LogP contribution is -2.29. The van der Waals surface area contributed by atoms with Gasteiger partial charge < -0.3 is 5.21 Å². The Kier molecular flexibility index (Phi) is 2.65. The Labute approximate surface area is 81.4 Å². The molecule has 64 valence electrons. The highest BCUT2D eigenvalue weighted by atomic mass is 35.5. The molecular weight excluding hydrogens is 194 g/mol. The Morgan fingerprint density at radius 1 is 1.58 bits per heavy atom. The monoisotopic (exact) mass is 201 g/mol. The van der Waals surface area contributed by atoms with E-state index in [-0.39, 0.29) is 5.15 Å². The predicted molar refractivity (Wildman–Crippen MR) is 52.6 cm³/mol. The van der Waals surface area contributed by atoms with Crippen molar-refractivity contribution in [2.24, 2.45) is 0 Å². The van der Waals surface area contributed by atoms with E-state index in [1.165, 1.54) is 11.6 Å². The van der Waals surface area contributed by atoms with E-state index in [1.807, 2.05) is 6.92 Å². The van der Waals surface area contributed by atoms with Crippen molar-refractivity contribution in [2.75, 3.05) is 0 Å². The quantitative estimate of drug-likeness (QED) is 0.301. The molecule has 1 heterocycles. The molecule has 0 aliphatic heterocycles. The van der Waals surface area contributed by atoms with Crippen molar-refractivity contribution < 1.29 is 4.73 Å². The second-order valence-corrected chi connectivity index (χ2v) is 3.18. The normalized spacial score (nSPS) is 9.92. The first-order valence-electron chi connectivity index (χ1n) is 3.42. The molecule has 0 bridgehead atoms. The van der Waals surface area contributed by atoms with Gasteiger partial charge in [0, 0.05) is 22.1 Å². The second-order valence-electron chi connectivity index (χ2n) is 2.59. The van der Waals surface area contributed by atoms with Gasteiger partial charge in [0.1, 0.15) is 0 Å². The third kappa shape index (κ3) is 1.42. The first-order chi connectivity index (χ1) is 5.57. The van der Waals surface area contributed by atoms with Gasteiger partial charge in [-0.2, -0.15) is 4.73 Å². The van der Waals surface area contributed by atoms with Crippen LogP contribution in [0, 0.1) is 19.1 Å². The zero-order valence-electron chi connectivity index (χ0n) is 6.80. The molecule has 0 unspecified atom stereocenters. The molecule has 0 radical (unpaired) electrons. The van der Waals surface area contributed by atoms with Crippen LogP contribution in [0.3, 0.4) is 0 Å². The van der Waals surface area contributed by atoms with E-state index in [0.717, 1.165) is 16.7 Å². The van der Waals surface area contributed by atoms with Crippen LogP contribution in [-0.4, -0.2) is 5.37 Å². The third-order valence-corrected chi connectivity index (χ3v) is 2.45. The largest absolute Gasteiger partial charge is 0.618 e. The number of aromatic nitrogens is 1. The zero-order chi connectivity index (χ0) is 9.30. The van der Waals surface area contributed by atoms with Crippen LogP contribution in [0.2, 0.25) is 5.15 Å². The number of rotatable bonds is 1. The molecule has 1 aromatic rings. The van der Waals surface area contributed by atoms with E-state index in [2.05, 4.69) is 0 Å². The van der Waals surface area contributed by atoms with Crippen LogP contribution in [0.5, 0.6) is 0 Å². The van der Waals surface area contributed by atoms with Crippen LogP contribution in [-0.2, 0) is 0 Å². The molecule has 4 heteroatoms. The maximum atomic E-state index is 11.1. The Morgan fingerprint density at radius 2 is 2.17 bits per heavy atom. The summed E-state index contributed by atoms with van der Waals surface area (Å²) in [6.07, 6.45) is 1.42. The first kappa shape index (κ1) is 9.42. The lowest BCUT2D eigenvalue weighted by molar-refractivity contribution is -0.603. The molecular formula is C8H8ClNOS. The fourth-order valence-corrected chi connectivity index (χ4v) is 1.57. The highest BCUT2D eigenvalue weighted by molar-refractivity contribution is 7.79. The zero-order valence-corrected chi connectivity index (χ0v) is 8.37. The van der Waals surface area contributed by atoms with E-state index in [1.54, 1.807) is 6.92 Å². The standard InChI is InChI=1S/C8H8ClNOS/c1-5-3-10(11)8(9)6(2)7(5)4-12/h3-4H,1-2H3. The van der Waals surface area contributed by atoms with Crippen LogP contribution in [0.15, 0.2) is 6.20 Å². The van der Waals surface area contributed by atoms with Gasteiger partial charge in [-0.3, -0.25) is 0 Å². The van der Waals surface area contributed by atoms with Crippen LogP contribution >= 0.6 is 23.8 Å². The fraction of sp³-hybridized carbons (Fsp3) is 0.250. The first-order valence-corrected chi connectivity index (χ1v) is 4.27. The minimum Gasteiger partial charge on any atom is -0.618 e. The van der Waals surface area contributed by atoms with Crippen molar-refractivity contribution in [3.05, 3.63) is 33.2 Å². The molecule has 0 saturated heterocycles. The van der Waals surface area contributed by atoms with Crippen molar-refractivity contribution in [1.82, 2.24) is 0 Å². The molecule has 1 rings (SSSR count). The molecule has 0 amide bonds. The summed E-state index contributed by atoms with van der Waals surface area (Å²) in [5, 5.41) is 12.8. The third-order valence-electron chi connectivity index (χ3n) is 1.76. The van der Waals surface area contributed by atoms with E-state index >= 15 is 0 Å². The maximum Gasteiger partial charge on any atom is 0.289 e. The van der Waals surface area contributed by atoms with Crippen LogP contribution in [0.1, 0.15) is 16.7 Å². The molecule has 0 spiro atoms. The molecule has 0 N–H and O–H groups in total. The van der Waals surface area contributed by atoms with Crippen molar-refractivity contribution in [3.8, 4) is 0 Å². The molecule has 1 aromatic heterocycles. The van der Waals surface area contributed by atoms with E-state index in [9.17, 15) is 5.21 Å². The van der Waals surface area contributed by atoms with E-state index < -0.39 is 0 Å². The topological polar surface area (TPSA) is 26.9 Å². The van der Waals surface area contributed by atoms with Gasteiger partial charge in [0.15, 0.2) is 6.20 Å². The Morgan fingerprint density at radius 3 is 2.67 bits per heavy atom. The second kappa shape index (κ2) is 3.37. The van der Waals surface area contributed by atoms with Gasteiger partial charge in [0.05, 0.1) is 0 Å². The maximum absolute atomic E-state index is 11.1. The summed E-state index contributed by atoms with van der Waals surface area (Å²) < 4.78 is 0.647. The smallest absolute Gasteiger partial charge is 0.289 e. The molecule has 2 nitrogen and oxygen atoms in total. The molecule has 0 aliphatic carbocycles. The number of thiocarbonyl (C=S) groups is 1. The lowest BCUT2D eigenvalue weighted by Gasteiger charge is -2.06. The Bertz CT molecular complexity index is 338. The molecule has 0 aliphatic rings. The van der Waals surface area contributed by atoms with E-state index in [4.69, 9.17) is 23.8 Å². The van der Waals surface area contributed by atoms with Crippen LogP contribution in [0.25, 0.3) is 0 Å². The van der Waals surface area contributed by atoms with Gasteiger partial charge >= 0.3 is 0 Å². The molecule has 0 fully saturated rings. The molecule has 12 heavy (non-hydrogen) atoms. The number of nitrogens with zero attached hydrogens (tertiary/aromatic N) is 1. The summed E-state index contributed by atoms with van der Waals surface area (Å²) in [4.78, 5) is 0. The van der Waals surface area contributed by atoms with Crippen molar-refractivity contribution >= 4 is 29.2 Å². The summed E-state index contributed by atoms with van der Waals surface area (Å²) in [6.45, 7) is 3.61. The van der Waals surface area contributed by atoms with Gasteiger partial charge in [-0.15, -0.1) is 0 Å². The average Bonchev–Trinajstić information content (AvgIpc) is 2.01. The molecule has 0 saturated carbocycles. The highest BCUT2D eigenvalue weighted by Crippen LogP contribution is 2.16. The Balaban J connectivity index is 3.51. The number of hydrogen-bond donors (Lipinski definition) is 0. The average molecular weight is 202 g/mol. The number of hydrogen-bond acceptors (Lipinski definition) is 2. The summed E-state index contributed by atoms with van der Waals surface area (Å²) in [7, 11) is 0. The highest BCUT2D eigenvalue weighted by Gasteiger charge is 2.12. The van der Waals surface area contributed by atoms with Gasteiger partial charge in [-0.25, -0.2) is 0 Å². The minimum atomic E-state index is 0.191. The summed E-state index contributed by atoms with van der Waals surface area (Å²) in [5.74, 6) is 0. The minimum absolute atomic E-state index is 0.191. The molecule has 0 atom stereocenters. The molecule has 0 aromatic carbocycles. The van der Waals surface area contributed by atoms with E-state index in [0.29, 0.717) is 4.73 Å².